The molecule has 0 aliphatic carbocycles. The first-order chi connectivity index (χ1) is 36.7. The van der Waals surface area contributed by atoms with Crippen molar-refractivity contribution in [2.24, 2.45) is 0 Å². The summed E-state index contributed by atoms with van der Waals surface area (Å²) in [4.78, 5) is 25.3. The molecule has 0 radical (unpaired) electrons. The van der Waals surface area contributed by atoms with Gasteiger partial charge in [0.2, 0.25) is 11.8 Å². The Labute approximate surface area is 453 Å². The number of unbranched alkanes of at least 4 members (excludes halogenated alkanes) is 25. The molecule has 0 saturated carbocycles. The van der Waals surface area contributed by atoms with Crippen LogP contribution in [0.1, 0.15) is 201 Å². The number of ether oxygens (including phenoxy) is 6. The highest BCUT2D eigenvalue weighted by molar-refractivity contribution is 5.76. The number of rotatable bonds is 42. The first-order valence-corrected chi connectivity index (χ1v) is 29.4. The van der Waals surface area contributed by atoms with Crippen molar-refractivity contribution in [3.8, 4) is 0 Å². The molecule has 0 bridgehead atoms. The van der Waals surface area contributed by atoms with Gasteiger partial charge in [0.25, 0.3) is 0 Å². The Morgan fingerprint density at radius 2 is 0.921 bits per heavy atom. The number of aliphatic hydroxyl groups is 10. The zero-order valence-corrected chi connectivity index (χ0v) is 46.3. The summed E-state index contributed by atoms with van der Waals surface area (Å²) >= 11 is 0. The van der Waals surface area contributed by atoms with E-state index in [4.69, 9.17) is 28.4 Å². The van der Waals surface area contributed by atoms with Gasteiger partial charge in [-0.2, -0.15) is 0 Å². The van der Waals surface area contributed by atoms with Gasteiger partial charge in [-0.15, -0.1) is 0 Å². The first-order valence-electron chi connectivity index (χ1n) is 29.4. The van der Waals surface area contributed by atoms with E-state index in [1.165, 1.54) is 122 Å². The number of amides is 2. The van der Waals surface area contributed by atoms with Crippen LogP contribution in [-0.4, -0.2) is 194 Å². The Bertz CT molecular complexity index is 1520. The van der Waals surface area contributed by atoms with E-state index in [2.05, 4.69) is 24.5 Å². The van der Waals surface area contributed by atoms with E-state index < -0.39 is 130 Å². The fraction of sp³-hybridized carbons (Fsp3) is 0.929. The van der Waals surface area contributed by atoms with Crippen molar-refractivity contribution in [3.05, 3.63) is 12.2 Å². The molecule has 20 nitrogen and oxygen atoms in total. The van der Waals surface area contributed by atoms with Crippen LogP contribution in [0.25, 0.3) is 0 Å². The Morgan fingerprint density at radius 3 is 1.38 bits per heavy atom. The van der Waals surface area contributed by atoms with Crippen LogP contribution in [0.2, 0.25) is 0 Å². The van der Waals surface area contributed by atoms with Crippen LogP contribution >= 0.6 is 0 Å². The van der Waals surface area contributed by atoms with Gasteiger partial charge in [-0.1, -0.05) is 180 Å². The molecule has 446 valence electrons. The number of nitrogens with one attached hydrogen (secondary N) is 2. The molecular formula is C56H104N2O18. The van der Waals surface area contributed by atoms with Crippen molar-refractivity contribution in [3.63, 3.8) is 0 Å². The van der Waals surface area contributed by atoms with E-state index in [0.717, 1.165) is 51.9 Å². The molecule has 76 heavy (non-hydrogen) atoms. The Kier molecular flexibility index (Phi) is 36.2. The molecule has 0 aromatic heterocycles. The van der Waals surface area contributed by atoms with Gasteiger partial charge in [0, 0.05) is 13.3 Å². The minimum absolute atomic E-state index is 0.244. The predicted octanol–water partition coefficient (Wildman–Crippen LogP) is 3.96. The number of aliphatic hydroxyl groups excluding tert-OH is 10. The van der Waals surface area contributed by atoms with Gasteiger partial charge in [0.05, 0.1) is 38.6 Å². The Balaban J connectivity index is 1.56. The lowest BCUT2D eigenvalue weighted by atomic mass is 9.95. The second-order valence-corrected chi connectivity index (χ2v) is 21.5. The molecule has 3 fully saturated rings. The fourth-order valence-electron chi connectivity index (χ4n) is 10.2. The second-order valence-electron chi connectivity index (χ2n) is 21.5. The molecule has 12 N–H and O–H groups in total. The molecule has 3 aliphatic heterocycles. The lowest BCUT2D eigenvalue weighted by Gasteiger charge is -2.48. The first kappa shape index (κ1) is 68.3. The van der Waals surface area contributed by atoms with Crippen molar-refractivity contribution in [2.75, 3.05) is 26.4 Å². The molecule has 0 aromatic rings. The molecule has 17 atom stereocenters. The summed E-state index contributed by atoms with van der Waals surface area (Å²) in [7, 11) is 0. The van der Waals surface area contributed by atoms with Gasteiger partial charge < -0.3 is 90.1 Å². The number of carbonyl (C=O) groups is 2. The lowest BCUT2D eigenvalue weighted by molar-refractivity contribution is -0.374. The van der Waals surface area contributed by atoms with E-state index in [1.807, 2.05) is 6.08 Å². The highest BCUT2D eigenvalue weighted by Crippen LogP contribution is 2.33. The minimum atomic E-state index is -1.99. The summed E-state index contributed by atoms with van der Waals surface area (Å²) in [6, 6.07) is -2.40. The normalized spacial score (nSPS) is 30.9. The number of hydrogen-bond acceptors (Lipinski definition) is 18. The summed E-state index contributed by atoms with van der Waals surface area (Å²) in [5.74, 6) is -0.924. The highest BCUT2D eigenvalue weighted by Gasteiger charge is 2.54. The number of carbonyl (C=O) groups excluding carboxylic acids is 2. The van der Waals surface area contributed by atoms with Crippen LogP contribution in [0.5, 0.6) is 0 Å². The zero-order valence-electron chi connectivity index (χ0n) is 46.3. The lowest BCUT2D eigenvalue weighted by Crippen LogP contribution is -2.68. The summed E-state index contributed by atoms with van der Waals surface area (Å²) in [6.07, 6.45) is 11.1. The van der Waals surface area contributed by atoms with Crippen LogP contribution in [0.3, 0.4) is 0 Å². The smallest absolute Gasteiger partial charge is 0.220 e. The highest BCUT2D eigenvalue weighted by atomic mass is 16.8. The summed E-state index contributed by atoms with van der Waals surface area (Å²) in [5, 5.41) is 113. The quantitative estimate of drug-likeness (QED) is 0.0304. The molecule has 0 spiro atoms. The van der Waals surface area contributed by atoms with E-state index >= 15 is 0 Å². The average molecular weight is 1090 g/mol. The average Bonchev–Trinajstić information content (AvgIpc) is 3.41. The maximum absolute atomic E-state index is 13.3. The molecular weight excluding hydrogens is 989 g/mol. The topological polar surface area (TPSA) is 316 Å². The Hall–Kier alpha value is -1.96. The van der Waals surface area contributed by atoms with Gasteiger partial charge in [-0.3, -0.25) is 9.59 Å². The van der Waals surface area contributed by atoms with Gasteiger partial charge in [0.1, 0.15) is 73.2 Å². The van der Waals surface area contributed by atoms with Crippen molar-refractivity contribution in [1.29, 1.82) is 0 Å². The van der Waals surface area contributed by atoms with Crippen molar-refractivity contribution >= 4 is 11.8 Å². The SMILES string of the molecule is CCCCCCCCCCCCC/C=C/[C@H](O)[C@@H](COC1OC(CO)C(OC2OC(CO)C(OC3OC(CO)C(O)C(O)C3NC(C)=O)C(O)C2O)C(O)C1O)NC(=O)CCCCCCCCCCCCCCCCC. The molecule has 20 heteroatoms. The summed E-state index contributed by atoms with van der Waals surface area (Å²) < 4.78 is 34.8. The van der Waals surface area contributed by atoms with Gasteiger partial charge in [0.15, 0.2) is 18.9 Å². The van der Waals surface area contributed by atoms with Crippen LogP contribution in [0.15, 0.2) is 12.2 Å². The van der Waals surface area contributed by atoms with Crippen molar-refractivity contribution in [1.82, 2.24) is 10.6 Å². The largest absolute Gasteiger partial charge is 0.394 e. The maximum Gasteiger partial charge on any atom is 0.220 e. The summed E-state index contributed by atoms with van der Waals surface area (Å²) in [6.45, 7) is 2.82. The molecule has 3 aliphatic rings. The van der Waals surface area contributed by atoms with Crippen LogP contribution < -0.4 is 10.6 Å². The minimum Gasteiger partial charge on any atom is -0.394 e. The second kappa shape index (κ2) is 40.3. The van der Waals surface area contributed by atoms with Crippen LogP contribution in [0, 0.1) is 0 Å². The molecule has 0 aromatic carbocycles. The van der Waals surface area contributed by atoms with Gasteiger partial charge >= 0.3 is 0 Å². The van der Waals surface area contributed by atoms with Gasteiger partial charge in [-0.25, -0.2) is 0 Å². The predicted molar refractivity (Wildman–Crippen MR) is 284 cm³/mol. The van der Waals surface area contributed by atoms with E-state index in [0.29, 0.717) is 6.42 Å². The van der Waals surface area contributed by atoms with Crippen LogP contribution in [-0.2, 0) is 38.0 Å². The van der Waals surface area contributed by atoms with Gasteiger partial charge in [-0.05, 0) is 19.3 Å². The molecule has 3 saturated heterocycles. The molecule has 2 amide bonds. The molecule has 3 rings (SSSR count). The summed E-state index contributed by atoms with van der Waals surface area (Å²) in [5.41, 5.74) is 0. The van der Waals surface area contributed by atoms with Crippen LogP contribution in [0.4, 0.5) is 0 Å². The monoisotopic (exact) mass is 1090 g/mol. The van der Waals surface area contributed by atoms with E-state index in [-0.39, 0.29) is 18.9 Å². The number of hydrogen-bond donors (Lipinski definition) is 12. The third-order valence-corrected chi connectivity index (χ3v) is 15.0. The van der Waals surface area contributed by atoms with Crippen molar-refractivity contribution < 1.29 is 89.1 Å². The Morgan fingerprint density at radius 1 is 0.513 bits per heavy atom. The van der Waals surface area contributed by atoms with Crippen molar-refractivity contribution in [2.45, 2.75) is 305 Å². The molecule has 3 heterocycles. The molecule has 15 unspecified atom stereocenters. The standard InChI is InChI=1S/C56H104N2O18/c1-4-6-8-10-12-14-16-18-19-21-23-25-27-29-31-33-44(64)58-39(40(63)32-30-28-26-24-22-20-17-15-13-11-9-7-5-2)37-71-55-50(69)48(67)53(42(35-60)73-55)76-56-51(70)49(68)52(43(36-61)74-56)75-54-45(57-38(3)62)47(66)46(65)41(34-59)72-54/h30,32,39-43,45-56,59-61,63,65-70H,4-29,31,33-37H2,1-3H3,(H,57,62)(H,58,64)/b32-30+/t39-,40+,41?,42?,43?,45?,46?,47?,48?,49?,50?,51?,52?,53?,54?,55?,56?/m1/s1. The third-order valence-electron chi connectivity index (χ3n) is 15.0. The maximum atomic E-state index is 13.3. The van der Waals surface area contributed by atoms with E-state index in [1.54, 1.807) is 6.08 Å². The number of allylic oxidation sites excluding steroid dienone is 1. The third kappa shape index (κ3) is 24.8. The van der Waals surface area contributed by atoms with E-state index in [9.17, 15) is 60.7 Å². The zero-order chi connectivity index (χ0) is 55.7. The fourth-order valence-corrected chi connectivity index (χ4v) is 10.2.